The second kappa shape index (κ2) is 4.93. The van der Waals surface area contributed by atoms with Gasteiger partial charge in [-0.25, -0.2) is 9.78 Å². The summed E-state index contributed by atoms with van der Waals surface area (Å²) in [7, 11) is 0. The van der Waals surface area contributed by atoms with E-state index in [1.165, 1.54) is 16.7 Å². The van der Waals surface area contributed by atoms with Crippen LogP contribution in [0.1, 0.15) is 0 Å². The maximum absolute atomic E-state index is 11.8. The molecule has 0 radical (unpaired) electrons. The predicted octanol–water partition coefficient (Wildman–Crippen LogP) is 1.47. The Labute approximate surface area is 113 Å². The van der Waals surface area contributed by atoms with Gasteiger partial charge in [0.25, 0.3) is 5.22 Å². The van der Waals surface area contributed by atoms with Crippen LogP contribution in [0.25, 0.3) is 11.1 Å². The van der Waals surface area contributed by atoms with Crippen LogP contribution in [0.5, 0.6) is 0 Å². The van der Waals surface area contributed by atoms with Gasteiger partial charge in [0, 0.05) is 13.1 Å². The summed E-state index contributed by atoms with van der Waals surface area (Å²) in [5, 5.41) is 3.03. The molecule has 1 aromatic heterocycles. The monoisotopic (exact) mass is 277 g/mol. The standard InChI is InChI=1S/C12H11N3O3S/c16-10(15-6-5-13-11(15)17)7-19-12-14-8-3-1-2-4-9(8)18-12/h1-4H,5-7H2,(H,13,17). The molecule has 0 saturated carbocycles. The van der Waals surface area contributed by atoms with Crippen LogP contribution in [-0.4, -0.2) is 40.7 Å². The SMILES string of the molecule is O=C(CSc1nc2ccccc2o1)N1CCNC1=O. The molecule has 0 aliphatic carbocycles. The minimum Gasteiger partial charge on any atom is -0.431 e. The zero-order valence-corrected chi connectivity index (χ0v) is 10.8. The fourth-order valence-electron chi connectivity index (χ4n) is 1.82. The van der Waals surface area contributed by atoms with Crippen LogP contribution in [0.4, 0.5) is 4.79 Å². The van der Waals surface area contributed by atoms with Gasteiger partial charge >= 0.3 is 6.03 Å². The number of imide groups is 1. The van der Waals surface area contributed by atoms with Crippen molar-refractivity contribution in [3.05, 3.63) is 24.3 Å². The summed E-state index contributed by atoms with van der Waals surface area (Å²) < 4.78 is 5.49. The molecule has 1 saturated heterocycles. The Balaban J connectivity index is 1.65. The number of amides is 3. The molecule has 1 aromatic carbocycles. The molecule has 1 fully saturated rings. The van der Waals surface area contributed by atoms with E-state index in [0.29, 0.717) is 23.9 Å². The number of carbonyl (C=O) groups excluding carboxylic acids is 2. The van der Waals surface area contributed by atoms with E-state index in [2.05, 4.69) is 10.3 Å². The number of fused-ring (bicyclic) bond motifs is 1. The Morgan fingerprint density at radius 2 is 2.32 bits per heavy atom. The zero-order chi connectivity index (χ0) is 13.2. The molecule has 3 amide bonds. The largest absolute Gasteiger partial charge is 0.431 e. The predicted molar refractivity (Wildman–Crippen MR) is 69.8 cm³/mol. The number of aromatic nitrogens is 1. The van der Waals surface area contributed by atoms with Gasteiger partial charge in [-0.15, -0.1) is 0 Å². The molecular weight excluding hydrogens is 266 g/mol. The highest BCUT2D eigenvalue weighted by atomic mass is 32.2. The first-order valence-corrected chi connectivity index (χ1v) is 6.79. The highest BCUT2D eigenvalue weighted by molar-refractivity contribution is 7.99. The lowest BCUT2D eigenvalue weighted by atomic mass is 10.3. The number of hydrogen-bond acceptors (Lipinski definition) is 5. The minimum absolute atomic E-state index is 0.139. The third-order valence-electron chi connectivity index (χ3n) is 2.75. The zero-order valence-electron chi connectivity index (χ0n) is 9.96. The molecule has 1 aliphatic heterocycles. The molecule has 3 rings (SSSR count). The Hall–Kier alpha value is -2.02. The Morgan fingerprint density at radius 1 is 1.47 bits per heavy atom. The van der Waals surface area contributed by atoms with E-state index in [1.807, 2.05) is 24.3 Å². The number of nitrogens with zero attached hydrogens (tertiary/aromatic N) is 2. The van der Waals surface area contributed by atoms with Gasteiger partial charge in [0.2, 0.25) is 5.91 Å². The van der Waals surface area contributed by atoms with E-state index >= 15 is 0 Å². The lowest BCUT2D eigenvalue weighted by molar-refractivity contribution is -0.124. The van der Waals surface area contributed by atoms with Gasteiger partial charge in [0.1, 0.15) is 5.52 Å². The summed E-state index contributed by atoms with van der Waals surface area (Å²) in [5.74, 6) is -0.0949. The van der Waals surface area contributed by atoms with Crippen molar-refractivity contribution < 1.29 is 14.0 Å². The van der Waals surface area contributed by atoms with Gasteiger partial charge in [-0.2, -0.15) is 0 Å². The smallest absolute Gasteiger partial charge is 0.324 e. The Kier molecular flexibility index (Phi) is 3.12. The van der Waals surface area contributed by atoms with Crippen molar-refractivity contribution in [2.75, 3.05) is 18.8 Å². The second-order valence-electron chi connectivity index (χ2n) is 4.01. The van der Waals surface area contributed by atoms with Crippen LogP contribution < -0.4 is 5.32 Å². The molecule has 1 N–H and O–H groups in total. The molecule has 0 unspecified atom stereocenters. The first-order chi connectivity index (χ1) is 9.24. The number of urea groups is 1. The van der Waals surface area contributed by atoms with Crippen molar-refractivity contribution in [3.63, 3.8) is 0 Å². The van der Waals surface area contributed by atoms with E-state index < -0.39 is 0 Å². The summed E-state index contributed by atoms with van der Waals surface area (Å²) in [5.41, 5.74) is 1.45. The van der Waals surface area contributed by atoms with E-state index in [0.717, 1.165) is 5.52 Å². The number of oxazole rings is 1. The number of thioether (sulfide) groups is 1. The van der Waals surface area contributed by atoms with Crippen LogP contribution in [0, 0.1) is 0 Å². The number of rotatable bonds is 3. The van der Waals surface area contributed by atoms with Gasteiger partial charge in [-0.1, -0.05) is 23.9 Å². The van der Waals surface area contributed by atoms with Gasteiger partial charge in [0.05, 0.1) is 5.75 Å². The van der Waals surface area contributed by atoms with Crippen molar-refractivity contribution in [1.29, 1.82) is 0 Å². The Morgan fingerprint density at radius 3 is 3.05 bits per heavy atom. The number of carbonyl (C=O) groups is 2. The first-order valence-electron chi connectivity index (χ1n) is 5.80. The van der Waals surface area contributed by atoms with Crippen molar-refractivity contribution >= 4 is 34.8 Å². The maximum atomic E-state index is 11.8. The lowest BCUT2D eigenvalue weighted by Gasteiger charge is -2.10. The minimum atomic E-state index is -0.330. The van der Waals surface area contributed by atoms with Crippen molar-refractivity contribution in [2.24, 2.45) is 0 Å². The highest BCUT2D eigenvalue weighted by Gasteiger charge is 2.26. The van der Waals surface area contributed by atoms with E-state index in [-0.39, 0.29) is 17.7 Å². The molecule has 19 heavy (non-hydrogen) atoms. The summed E-state index contributed by atoms with van der Waals surface area (Å²) in [4.78, 5) is 28.6. The third-order valence-corrected chi connectivity index (χ3v) is 3.56. The molecule has 0 atom stereocenters. The molecule has 2 aromatic rings. The van der Waals surface area contributed by atoms with Crippen LogP contribution in [0.15, 0.2) is 33.9 Å². The summed E-state index contributed by atoms with van der Waals surface area (Å²) in [6.45, 7) is 0.934. The molecule has 6 nitrogen and oxygen atoms in total. The maximum Gasteiger partial charge on any atom is 0.324 e. The van der Waals surface area contributed by atoms with Crippen molar-refractivity contribution in [1.82, 2.24) is 15.2 Å². The van der Waals surface area contributed by atoms with Crippen LogP contribution in [-0.2, 0) is 4.79 Å². The number of para-hydroxylation sites is 2. The van der Waals surface area contributed by atoms with Crippen LogP contribution in [0.2, 0.25) is 0 Å². The Bertz CT molecular complexity index is 607. The second-order valence-corrected chi connectivity index (χ2v) is 4.94. The van der Waals surface area contributed by atoms with E-state index in [1.54, 1.807) is 0 Å². The molecule has 2 heterocycles. The number of benzene rings is 1. The molecule has 1 aliphatic rings. The highest BCUT2D eigenvalue weighted by Crippen LogP contribution is 2.23. The van der Waals surface area contributed by atoms with E-state index in [9.17, 15) is 9.59 Å². The molecular formula is C12H11N3O3S. The average molecular weight is 277 g/mol. The fourth-order valence-corrected chi connectivity index (χ4v) is 2.54. The summed E-state index contributed by atoms with van der Waals surface area (Å²) in [6.07, 6.45) is 0. The topological polar surface area (TPSA) is 75.4 Å². The quantitative estimate of drug-likeness (QED) is 0.860. The molecule has 98 valence electrons. The van der Waals surface area contributed by atoms with Crippen molar-refractivity contribution in [2.45, 2.75) is 5.22 Å². The molecule has 7 heteroatoms. The normalized spacial score (nSPS) is 14.9. The molecule has 0 bridgehead atoms. The van der Waals surface area contributed by atoms with Crippen molar-refractivity contribution in [3.8, 4) is 0 Å². The summed E-state index contributed by atoms with van der Waals surface area (Å²) in [6, 6.07) is 7.07. The first kappa shape index (κ1) is 12.0. The van der Waals surface area contributed by atoms with E-state index in [4.69, 9.17) is 4.42 Å². The number of nitrogens with one attached hydrogen (secondary N) is 1. The van der Waals surface area contributed by atoms with Crippen LogP contribution >= 0.6 is 11.8 Å². The lowest BCUT2D eigenvalue weighted by Crippen LogP contribution is -2.35. The average Bonchev–Trinajstić information content (AvgIpc) is 3.01. The summed E-state index contributed by atoms with van der Waals surface area (Å²) >= 11 is 1.19. The van der Waals surface area contributed by atoms with Gasteiger partial charge in [0.15, 0.2) is 5.58 Å². The van der Waals surface area contributed by atoms with Gasteiger partial charge < -0.3 is 9.73 Å². The molecule has 0 spiro atoms. The third kappa shape index (κ3) is 2.41. The van der Waals surface area contributed by atoms with Crippen LogP contribution in [0.3, 0.4) is 0 Å². The number of hydrogen-bond donors (Lipinski definition) is 1. The fraction of sp³-hybridized carbons (Fsp3) is 0.250. The van der Waals surface area contributed by atoms with Gasteiger partial charge in [-0.3, -0.25) is 9.69 Å². The van der Waals surface area contributed by atoms with Gasteiger partial charge in [-0.05, 0) is 12.1 Å².